The Morgan fingerprint density at radius 2 is 2.00 bits per heavy atom. The number of carbonyl (C=O) groups excluding carboxylic acids is 2. The Kier molecular flexibility index (Phi) is 5.65. The lowest BCUT2D eigenvalue weighted by molar-refractivity contribution is -0.384. The Labute approximate surface area is 121 Å². The van der Waals surface area contributed by atoms with Crippen LogP contribution in [0.1, 0.15) is 24.2 Å². The van der Waals surface area contributed by atoms with Crippen LogP contribution in [0.5, 0.6) is 0 Å². The molecule has 0 saturated carbocycles. The van der Waals surface area contributed by atoms with Gasteiger partial charge in [0.25, 0.3) is 11.6 Å². The van der Waals surface area contributed by atoms with Crippen LogP contribution in [-0.4, -0.2) is 29.8 Å². The Hall–Kier alpha value is -2.64. The fourth-order valence-electron chi connectivity index (χ4n) is 1.49. The van der Waals surface area contributed by atoms with Crippen LogP contribution in [0, 0.1) is 16.0 Å². The van der Waals surface area contributed by atoms with E-state index >= 15 is 0 Å². The molecule has 0 heterocycles. The molecular formula is C13H18N4O4. The molecule has 0 atom stereocenters. The molecule has 0 aliphatic carbocycles. The van der Waals surface area contributed by atoms with Crippen LogP contribution in [-0.2, 0) is 4.79 Å². The van der Waals surface area contributed by atoms with Gasteiger partial charge in [0.15, 0.2) is 0 Å². The van der Waals surface area contributed by atoms with Crippen molar-refractivity contribution in [3.05, 3.63) is 33.9 Å². The van der Waals surface area contributed by atoms with Gasteiger partial charge >= 0.3 is 0 Å². The molecule has 0 radical (unpaired) electrons. The first-order chi connectivity index (χ1) is 9.81. The maximum absolute atomic E-state index is 11.9. The van der Waals surface area contributed by atoms with Crippen LogP contribution in [0.25, 0.3) is 0 Å². The summed E-state index contributed by atoms with van der Waals surface area (Å²) in [5, 5.41) is 15.7. The molecule has 8 nitrogen and oxygen atoms in total. The van der Waals surface area contributed by atoms with E-state index in [2.05, 4.69) is 10.6 Å². The molecule has 0 bridgehead atoms. The molecule has 0 aromatic heterocycles. The van der Waals surface area contributed by atoms with Gasteiger partial charge in [-0.05, 0) is 12.0 Å². The van der Waals surface area contributed by atoms with Crippen molar-refractivity contribution in [3.63, 3.8) is 0 Å². The number of hydrogen-bond donors (Lipinski definition) is 3. The standard InChI is InChI=1S/C13H18N4O4/c1-8(2)6-15-12(18)7-16-13(19)10-5-9(17(20)21)3-4-11(10)14/h3-5,8H,6-7,14H2,1-2H3,(H,15,18)(H,16,19). The van der Waals surface area contributed by atoms with Gasteiger partial charge in [0.05, 0.1) is 17.0 Å². The van der Waals surface area contributed by atoms with Crippen molar-refractivity contribution in [1.29, 1.82) is 0 Å². The number of nitrogens with one attached hydrogen (secondary N) is 2. The molecule has 8 heteroatoms. The molecule has 0 saturated heterocycles. The topological polar surface area (TPSA) is 127 Å². The number of nitrogens with two attached hydrogens (primary N) is 1. The fourth-order valence-corrected chi connectivity index (χ4v) is 1.49. The van der Waals surface area contributed by atoms with Crippen LogP contribution in [0.15, 0.2) is 18.2 Å². The summed E-state index contributed by atoms with van der Waals surface area (Å²) in [7, 11) is 0. The number of hydrogen-bond acceptors (Lipinski definition) is 5. The molecule has 4 N–H and O–H groups in total. The highest BCUT2D eigenvalue weighted by atomic mass is 16.6. The van der Waals surface area contributed by atoms with Gasteiger partial charge in [0.1, 0.15) is 0 Å². The average Bonchev–Trinajstić information content (AvgIpc) is 2.42. The largest absolute Gasteiger partial charge is 0.398 e. The van der Waals surface area contributed by atoms with E-state index < -0.39 is 10.8 Å². The molecule has 0 aliphatic rings. The molecule has 1 aromatic carbocycles. The first-order valence-electron chi connectivity index (χ1n) is 6.40. The number of amides is 2. The monoisotopic (exact) mass is 294 g/mol. The van der Waals surface area contributed by atoms with E-state index in [0.717, 1.165) is 6.07 Å². The maximum atomic E-state index is 11.9. The summed E-state index contributed by atoms with van der Waals surface area (Å²) in [5.74, 6) is -0.658. The number of carbonyl (C=O) groups is 2. The van der Waals surface area contributed by atoms with Crippen molar-refractivity contribution in [2.24, 2.45) is 5.92 Å². The van der Waals surface area contributed by atoms with Gasteiger partial charge in [-0.1, -0.05) is 13.8 Å². The third kappa shape index (κ3) is 5.09. The lowest BCUT2D eigenvalue weighted by Crippen LogP contribution is -2.38. The highest BCUT2D eigenvalue weighted by molar-refractivity contribution is 6.01. The minimum Gasteiger partial charge on any atom is -0.398 e. The summed E-state index contributed by atoms with van der Waals surface area (Å²) < 4.78 is 0. The van der Waals surface area contributed by atoms with Crippen LogP contribution in [0.3, 0.4) is 0 Å². The second-order valence-corrected chi connectivity index (χ2v) is 4.91. The highest BCUT2D eigenvalue weighted by Crippen LogP contribution is 2.19. The van der Waals surface area contributed by atoms with Crippen molar-refractivity contribution in [1.82, 2.24) is 10.6 Å². The zero-order chi connectivity index (χ0) is 16.0. The lowest BCUT2D eigenvalue weighted by Gasteiger charge is -2.09. The van der Waals surface area contributed by atoms with Crippen molar-refractivity contribution < 1.29 is 14.5 Å². The lowest BCUT2D eigenvalue weighted by atomic mass is 10.1. The van der Waals surface area contributed by atoms with Gasteiger partial charge in [0.2, 0.25) is 5.91 Å². The van der Waals surface area contributed by atoms with Gasteiger partial charge in [-0.2, -0.15) is 0 Å². The van der Waals surface area contributed by atoms with Gasteiger partial charge in [-0.25, -0.2) is 0 Å². The molecule has 21 heavy (non-hydrogen) atoms. The average molecular weight is 294 g/mol. The van der Waals surface area contributed by atoms with E-state index in [1.54, 1.807) is 0 Å². The van der Waals surface area contributed by atoms with E-state index in [1.807, 2.05) is 13.8 Å². The number of nitro groups is 1. The van der Waals surface area contributed by atoms with Crippen LogP contribution < -0.4 is 16.4 Å². The minimum absolute atomic E-state index is 0.0270. The summed E-state index contributed by atoms with van der Waals surface area (Å²) >= 11 is 0. The molecule has 0 spiro atoms. The van der Waals surface area contributed by atoms with Crippen LogP contribution in [0.4, 0.5) is 11.4 Å². The number of non-ortho nitro benzene ring substituents is 1. The third-order valence-electron chi connectivity index (χ3n) is 2.61. The molecule has 0 fully saturated rings. The van der Waals surface area contributed by atoms with Crippen molar-refractivity contribution in [2.45, 2.75) is 13.8 Å². The molecule has 2 amide bonds. The zero-order valence-electron chi connectivity index (χ0n) is 11.9. The smallest absolute Gasteiger partial charge is 0.270 e. The van der Waals surface area contributed by atoms with Crippen LogP contribution >= 0.6 is 0 Å². The SMILES string of the molecule is CC(C)CNC(=O)CNC(=O)c1cc([N+](=O)[O-])ccc1N. The molecule has 114 valence electrons. The summed E-state index contributed by atoms with van der Waals surface area (Å²) in [4.78, 5) is 33.4. The molecule has 1 aromatic rings. The fraction of sp³-hybridized carbons (Fsp3) is 0.385. The summed E-state index contributed by atoms with van der Waals surface area (Å²) in [6.07, 6.45) is 0. The quantitative estimate of drug-likeness (QED) is 0.404. The molecule has 1 rings (SSSR count). The first kappa shape index (κ1) is 16.4. The molecular weight excluding hydrogens is 276 g/mol. The number of rotatable bonds is 6. The van der Waals surface area contributed by atoms with Gasteiger partial charge in [-0.3, -0.25) is 19.7 Å². The van der Waals surface area contributed by atoms with Gasteiger partial charge in [0, 0.05) is 24.4 Å². The second-order valence-electron chi connectivity index (χ2n) is 4.91. The normalized spacial score (nSPS) is 10.2. The summed E-state index contributed by atoms with van der Waals surface area (Å²) in [5.41, 5.74) is 5.46. The Morgan fingerprint density at radius 1 is 1.33 bits per heavy atom. The summed E-state index contributed by atoms with van der Waals surface area (Å²) in [6.45, 7) is 4.19. The Balaban J connectivity index is 2.65. The highest BCUT2D eigenvalue weighted by Gasteiger charge is 2.15. The van der Waals surface area contributed by atoms with Crippen LogP contribution in [0.2, 0.25) is 0 Å². The predicted octanol–water partition coefficient (Wildman–Crippen LogP) is 0.679. The van der Waals surface area contributed by atoms with E-state index in [0.29, 0.717) is 12.5 Å². The van der Waals surface area contributed by atoms with Crippen molar-refractivity contribution in [2.75, 3.05) is 18.8 Å². The molecule has 0 aliphatic heterocycles. The zero-order valence-corrected chi connectivity index (χ0v) is 11.9. The minimum atomic E-state index is -0.629. The number of nitro benzene ring substituents is 1. The van der Waals surface area contributed by atoms with E-state index in [9.17, 15) is 19.7 Å². The van der Waals surface area contributed by atoms with E-state index in [-0.39, 0.29) is 29.4 Å². The van der Waals surface area contributed by atoms with E-state index in [1.165, 1.54) is 12.1 Å². The first-order valence-corrected chi connectivity index (χ1v) is 6.40. The number of anilines is 1. The number of nitrogen functional groups attached to an aromatic ring is 1. The summed E-state index contributed by atoms with van der Waals surface area (Å²) in [6, 6.07) is 3.57. The molecule has 0 unspecified atom stereocenters. The van der Waals surface area contributed by atoms with Crippen molar-refractivity contribution >= 4 is 23.2 Å². The second kappa shape index (κ2) is 7.22. The number of benzene rings is 1. The van der Waals surface area contributed by atoms with E-state index in [4.69, 9.17) is 5.73 Å². The number of nitrogens with zero attached hydrogens (tertiary/aromatic N) is 1. The van der Waals surface area contributed by atoms with Gasteiger partial charge in [-0.15, -0.1) is 0 Å². The Morgan fingerprint density at radius 3 is 2.57 bits per heavy atom. The van der Waals surface area contributed by atoms with Gasteiger partial charge < -0.3 is 16.4 Å². The van der Waals surface area contributed by atoms with Crippen molar-refractivity contribution in [3.8, 4) is 0 Å². The maximum Gasteiger partial charge on any atom is 0.270 e. The third-order valence-corrected chi connectivity index (χ3v) is 2.61. The Bertz CT molecular complexity index is 557. The predicted molar refractivity (Wildman–Crippen MR) is 77.7 cm³/mol.